The summed E-state index contributed by atoms with van der Waals surface area (Å²) in [5.41, 5.74) is 0.365. The molecule has 0 saturated heterocycles. The fraction of sp³-hybridized carbons (Fsp3) is 1.00. The van der Waals surface area contributed by atoms with Gasteiger partial charge < -0.3 is 5.11 Å². The van der Waals surface area contributed by atoms with Gasteiger partial charge in [0, 0.05) is 0 Å². The van der Waals surface area contributed by atoms with Crippen LogP contribution in [0.3, 0.4) is 0 Å². The first-order valence-corrected chi connectivity index (χ1v) is 6.60. The molecule has 0 aliphatic heterocycles. The molecule has 0 aromatic heterocycles. The van der Waals surface area contributed by atoms with Crippen molar-refractivity contribution in [2.24, 2.45) is 17.3 Å². The van der Waals surface area contributed by atoms with E-state index in [9.17, 15) is 5.11 Å². The van der Waals surface area contributed by atoms with Gasteiger partial charge in [-0.2, -0.15) is 0 Å². The van der Waals surface area contributed by atoms with Gasteiger partial charge in [0.15, 0.2) is 0 Å². The third kappa shape index (κ3) is 4.55. The minimum atomic E-state index is -0.0409. The Hall–Kier alpha value is -0.0400. The lowest BCUT2D eigenvalue weighted by atomic mass is 9.86. The highest BCUT2D eigenvalue weighted by Gasteiger charge is 2.29. The van der Waals surface area contributed by atoms with E-state index in [1.165, 1.54) is 25.7 Å². The van der Waals surface area contributed by atoms with Crippen LogP contribution in [-0.4, -0.2) is 11.2 Å². The molecule has 0 aromatic rings. The minimum absolute atomic E-state index is 0.0409. The quantitative estimate of drug-likeness (QED) is 0.747. The first kappa shape index (κ1) is 13.0. The van der Waals surface area contributed by atoms with Crippen molar-refractivity contribution in [2.45, 2.75) is 72.3 Å². The maximum absolute atomic E-state index is 10.1. The molecule has 3 atom stereocenters. The summed E-state index contributed by atoms with van der Waals surface area (Å²) in [6.07, 6.45) is 7.24. The van der Waals surface area contributed by atoms with Crippen molar-refractivity contribution in [1.82, 2.24) is 0 Å². The molecule has 90 valence electrons. The molecule has 1 nitrogen and oxygen atoms in total. The molecule has 0 spiro atoms. The van der Waals surface area contributed by atoms with Crippen LogP contribution in [0.2, 0.25) is 0 Å². The third-order valence-corrected chi connectivity index (χ3v) is 3.89. The zero-order valence-corrected chi connectivity index (χ0v) is 10.9. The Kier molecular flexibility index (Phi) is 4.64. The molecule has 0 bridgehead atoms. The third-order valence-electron chi connectivity index (χ3n) is 3.89. The van der Waals surface area contributed by atoms with E-state index in [2.05, 4.69) is 27.7 Å². The molecule has 1 N–H and O–H groups in total. The average molecular weight is 212 g/mol. The Morgan fingerprint density at radius 2 is 1.93 bits per heavy atom. The van der Waals surface area contributed by atoms with E-state index in [4.69, 9.17) is 0 Å². The van der Waals surface area contributed by atoms with E-state index in [0.29, 0.717) is 11.3 Å². The Bertz CT molecular complexity index is 180. The molecule has 1 aliphatic rings. The molecule has 1 fully saturated rings. The Morgan fingerprint density at radius 3 is 2.40 bits per heavy atom. The summed E-state index contributed by atoms with van der Waals surface area (Å²) in [6, 6.07) is 0. The lowest BCUT2D eigenvalue weighted by Gasteiger charge is -2.23. The molecule has 1 aliphatic carbocycles. The normalized spacial score (nSPS) is 29.4. The summed E-state index contributed by atoms with van der Waals surface area (Å²) in [5, 5.41) is 10.1. The molecule has 15 heavy (non-hydrogen) atoms. The predicted molar refractivity (Wildman–Crippen MR) is 65.8 cm³/mol. The summed E-state index contributed by atoms with van der Waals surface area (Å²) in [6.45, 7) is 9.03. The van der Waals surface area contributed by atoms with Crippen LogP contribution >= 0.6 is 0 Å². The maximum atomic E-state index is 10.1. The van der Waals surface area contributed by atoms with Gasteiger partial charge in [0.1, 0.15) is 0 Å². The highest BCUT2D eigenvalue weighted by molar-refractivity contribution is 4.80. The Labute approximate surface area is 95.3 Å². The van der Waals surface area contributed by atoms with Crippen molar-refractivity contribution < 1.29 is 5.11 Å². The number of aliphatic hydroxyl groups is 1. The zero-order valence-electron chi connectivity index (χ0n) is 10.9. The second-order valence-corrected chi connectivity index (χ2v) is 6.51. The lowest BCUT2D eigenvalue weighted by Crippen LogP contribution is -2.20. The molecule has 0 aromatic carbocycles. The molecule has 1 rings (SSSR count). The lowest BCUT2D eigenvalue weighted by molar-refractivity contribution is 0.0868. The van der Waals surface area contributed by atoms with E-state index in [1.54, 1.807) is 0 Å². The van der Waals surface area contributed by atoms with Crippen molar-refractivity contribution in [2.75, 3.05) is 0 Å². The largest absolute Gasteiger partial charge is 0.393 e. The molecule has 3 unspecified atom stereocenters. The topological polar surface area (TPSA) is 20.2 Å². The second kappa shape index (κ2) is 5.34. The fourth-order valence-electron chi connectivity index (χ4n) is 2.65. The van der Waals surface area contributed by atoms with E-state index in [-0.39, 0.29) is 6.10 Å². The molecule has 0 radical (unpaired) electrons. The van der Waals surface area contributed by atoms with Crippen LogP contribution in [0.25, 0.3) is 0 Å². The van der Waals surface area contributed by atoms with Crippen molar-refractivity contribution in [1.29, 1.82) is 0 Å². The second-order valence-electron chi connectivity index (χ2n) is 6.51. The van der Waals surface area contributed by atoms with Crippen molar-refractivity contribution >= 4 is 0 Å². The van der Waals surface area contributed by atoms with Gasteiger partial charge in [0.25, 0.3) is 0 Å². The Balaban J connectivity index is 2.26. The number of rotatable bonds is 4. The summed E-state index contributed by atoms with van der Waals surface area (Å²) >= 11 is 0. The Morgan fingerprint density at radius 1 is 1.27 bits per heavy atom. The monoisotopic (exact) mass is 212 g/mol. The van der Waals surface area contributed by atoms with Crippen LogP contribution in [0.1, 0.15) is 66.2 Å². The van der Waals surface area contributed by atoms with Gasteiger partial charge in [-0.1, -0.05) is 40.5 Å². The van der Waals surface area contributed by atoms with Crippen molar-refractivity contribution in [3.63, 3.8) is 0 Å². The molecular formula is C14H28O. The van der Waals surface area contributed by atoms with Gasteiger partial charge in [-0.3, -0.25) is 0 Å². The standard InChI is InChI=1S/C14H28O/c1-5-11-6-7-12(10-11)13(15)8-9-14(2,3)4/h11-13,15H,5-10H2,1-4H3. The van der Waals surface area contributed by atoms with Crippen LogP contribution in [0.5, 0.6) is 0 Å². The first-order valence-electron chi connectivity index (χ1n) is 6.60. The van der Waals surface area contributed by atoms with Crippen LogP contribution in [0.15, 0.2) is 0 Å². The SMILES string of the molecule is CCC1CCC(C(O)CCC(C)(C)C)C1. The number of hydrogen-bond acceptors (Lipinski definition) is 1. The van der Waals surface area contributed by atoms with Crippen LogP contribution in [0.4, 0.5) is 0 Å². The van der Waals surface area contributed by atoms with Gasteiger partial charge in [0.05, 0.1) is 6.10 Å². The summed E-state index contributed by atoms with van der Waals surface area (Å²) < 4.78 is 0. The maximum Gasteiger partial charge on any atom is 0.0568 e. The number of hydrogen-bond donors (Lipinski definition) is 1. The van der Waals surface area contributed by atoms with E-state index >= 15 is 0 Å². The van der Waals surface area contributed by atoms with Gasteiger partial charge in [-0.25, -0.2) is 0 Å². The highest BCUT2D eigenvalue weighted by atomic mass is 16.3. The van der Waals surface area contributed by atoms with Crippen molar-refractivity contribution in [3.05, 3.63) is 0 Å². The predicted octanol–water partition coefficient (Wildman–Crippen LogP) is 4.00. The van der Waals surface area contributed by atoms with E-state index < -0.39 is 0 Å². The smallest absolute Gasteiger partial charge is 0.0568 e. The van der Waals surface area contributed by atoms with Gasteiger partial charge in [-0.05, 0) is 42.9 Å². The molecule has 0 amide bonds. The van der Waals surface area contributed by atoms with Crippen LogP contribution in [0, 0.1) is 17.3 Å². The van der Waals surface area contributed by atoms with Gasteiger partial charge in [0.2, 0.25) is 0 Å². The van der Waals surface area contributed by atoms with E-state index in [0.717, 1.165) is 18.8 Å². The minimum Gasteiger partial charge on any atom is -0.393 e. The van der Waals surface area contributed by atoms with Gasteiger partial charge in [-0.15, -0.1) is 0 Å². The van der Waals surface area contributed by atoms with Gasteiger partial charge >= 0.3 is 0 Å². The number of aliphatic hydroxyl groups excluding tert-OH is 1. The molecule has 0 heterocycles. The van der Waals surface area contributed by atoms with E-state index in [1.807, 2.05) is 0 Å². The summed E-state index contributed by atoms with van der Waals surface area (Å²) in [5.74, 6) is 1.48. The average Bonchev–Trinajstić information content (AvgIpc) is 2.61. The summed E-state index contributed by atoms with van der Waals surface area (Å²) in [7, 11) is 0. The molecular weight excluding hydrogens is 184 g/mol. The first-order chi connectivity index (χ1) is 6.92. The molecule has 1 heteroatoms. The fourth-order valence-corrected chi connectivity index (χ4v) is 2.65. The highest BCUT2D eigenvalue weighted by Crippen LogP contribution is 2.37. The van der Waals surface area contributed by atoms with Crippen molar-refractivity contribution in [3.8, 4) is 0 Å². The molecule has 1 saturated carbocycles. The van der Waals surface area contributed by atoms with Crippen LogP contribution < -0.4 is 0 Å². The van der Waals surface area contributed by atoms with Crippen LogP contribution in [-0.2, 0) is 0 Å². The summed E-state index contributed by atoms with van der Waals surface area (Å²) in [4.78, 5) is 0. The zero-order chi connectivity index (χ0) is 11.5.